The summed E-state index contributed by atoms with van der Waals surface area (Å²) in [6.07, 6.45) is -1.93. The van der Waals surface area contributed by atoms with Crippen LogP contribution in [0.25, 0.3) is 27.3 Å². The van der Waals surface area contributed by atoms with Crippen molar-refractivity contribution in [3.63, 3.8) is 0 Å². The Bertz CT molecular complexity index is 1950. The van der Waals surface area contributed by atoms with Crippen LogP contribution in [0.15, 0.2) is 60.1 Å². The first-order valence-corrected chi connectivity index (χ1v) is 15.9. The molecule has 6 atom stereocenters. The number of aliphatic hydroxyl groups is 1. The maximum Gasteiger partial charge on any atom is 0.184 e. The van der Waals surface area contributed by atoms with Gasteiger partial charge in [0, 0.05) is 10.9 Å². The smallest absolute Gasteiger partial charge is 0.184 e. The number of hydrogen-bond donors (Lipinski definition) is 1. The third-order valence-corrected chi connectivity index (χ3v) is 9.57. The maximum absolute atomic E-state index is 12.1. The van der Waals surface area contributed by atoms with Crippen molar-refractivity contribution in [3.05, 3.63) is 87.3 Å². The predicted octanol–water partition coefficient (Wildman–Crippen LogP) is 4.67. The first-order valence-electron chi connectivity index (χ1n) is 14.2. The molecule has 0 bridgehead atoms. The molecule has 2 saturated heterocycles. The second-order valence-corrected chi connectivity index (χ2v) is 13.2. The van der Waals surface area contributed by atoms with Crippen LogP contribution in [0.4, 0.5) is 0 Å². The largest absolute Gasteiger partial charge is 0.388 e. The minimum absolute atomic E-state index is 0.246. The molecule has 1 unspecified atom stereocenters. The number of aliphatic hydroxyl groups excluding tert-OH is 1. The van der Waals surface area contributed by atoms with Crippen molar-refractivity contribution in [1.82, 2.24) is 39.7 Å². The summed E-state index contributed by atoms with van der Waals surface area (Å²) in [6, 6.07) is 15.0. The average molecular weight is 629 g/mol. The van der Waals surface area contributed by atoms with Crippen molar-refractivity contribution in [2.24, 2.45) is 0 Å². The molecule has 2 aromatic carbocycles. The van der Waals surface area contributed by atoms with Gasteiger partial charge in [-0.1, -0.05) is 35.5 Å². The molecule has 0 spiro atoms. The molecule has 6 heterocycles. The van der Waals surface area contributed by atoms with E-state index in [0.717, 1.165) is 37.2 Å². The van der Waals surface area contributed by atoms with Gasteiger partial charge < -0.3 is 19.3 Å². The van der Waals surface area contributed by atoms with Crippen LogP contribution in [0.2, 0.25) is 0 Å². The Balaban J connectivity index is 1.19. The van der Waals surface area contributed by atoms with Crippen molar-refractivity contribution in [3.8, 4) is 17.1 Å². The average Bonchev–Trinajstić information content (AvgIpc) is 3.83. The van der Waals surface area contributed by atoms with Gasteiger partial charge in [0.25, 0.3) is 0 Å². The molecule has 0 saturated carbocycles. The number of aryl methyl sites for hydroxylation is 3. The normalized spacial score (nSPS) is 25.4. The molecule has 0 radical (unpaired) electrons. The van der Waals surface area contributed by atoms with E-state index in [1.165, 1.54) is 0 Å². The first-order chi connectivity index (χ1) is 21.4. The Morgan fingerprint density at radius 3 is 2.64 bits per heavy atom. The molecule has 2 aliphatic rings. The number of ether oxygens (including phenoxy) is 3. The summed E-state index contributed by atoms with van der Waals surface area (Å²) in [5.41, 5.74) is 3.94. The van der Waals surface area contributed by atoms with Crippen molar-refractivity contribution in [2.45, 2.75) is 57.5 Å². The first kappa shape index (κ1) is 27.6. The fourth-order valence-electron chi connectivity index (χ4n) is 5.90. The van der Waals surface area contributed by atoms with Gasteiger partial charge in [0.2, 0.25) is 0 Å². The fourth-order valence-corrected chi connectivity index (χ4v) is 7.37. The number of benzene rings is 2. The molecule has 2 fully saturated rings. The minimum atomic E-state index is -1.12. The highest BCUT2D eigenvalue weighted by Crippen LogP contribution is 2.44. The van der Waals surface area contributed by atoms with E-state index in [9.17, 15) is 5.11 Å². The summed E-state index contributed by atoms with van der Waals surface area (Å²) in [6.45, 7) is 6.00. The van der Waals surface area contributed by atoms with E-state index in [1.54, 1.807) is 38.2 Å². The molecule has 14 heteroatoms. The Hall–Kier alpha value is -3.92. The SMILES string of the molecule is Cc1nc([C@@H]2O[C@@H]3COC(c4ccccc4)O[C@@H]3[C@H](n3cc(-c4csc(C)n4)nn3)[C@H]2O)n(-c2ccc3nc(C)sc3c2)n1. The lowest BCUT2D eigenvalue weighted by atomic mass is 9.91. The summed E-state index contributed by atoms with van der Waals surface area (Å²) in [5.74, 6) is 1.02. The van der Waals surface area contributed by atoms with Gasteiger partial charge in [-0.2, -0.15) is 5.10 Å². The molecular formula is C30H28N8O4S2. The van der Waals surface area contributed by atoms with Crippen LogP contribution in [-0.2, 0) is 14.2 Å². The molecular weight excluding hydrogens is 601 g/mol. The molecule has 1 N–H and O–H groups in total. The number of rotatable bonds is 5. The van der Waals surface area contributed by atoms with Crippen LogP contribution >= 0.6 is 22.7 Å². The van der Waals surface area contributed by atoms with Gasteiger partial charge in [-0.25, -0.2) is 24.3 Å². The van der Waals surface area contributed by atoms with E-state index in [2.05, 4.69) is 20.3 Å². The van der Waals surface area contributed by atoms with Crippen molar-refractivity contribution in [2.75, 3.05) is 6.61 Å². The molecule has 2 aliphatic heterocycles. The molecule has 0 amide bonds. The van der Waals surface area contributed by atoms with Crippen LogP contribution in [-0.4, -0.2) is 69.8 Å². The van der Waals surface area contributed by atoms with Crippen LogP contribution in [0.3, 0.4) is 0 Å². The number of nitrogens with zero attached hydrogens (tertiary/aromatic N) is 8. The number of thiazole rings is 2. The predicted molar refractivity (Wildman–Crippen MR) is 163 cm³/mol. The Morgan fingerprint density at radius 1 is 0.955 bits per heavy atom. The van der Waals surface area contributed by atoms with Crippen LogP contribution in [0.1, 0.15) is 45.7 Å². The fraction of sp³-hybridized carbons (Fsp3) is 0.333. The Labute approximate surface area is 259 Å². The van der Waals surface area contributed by atoms with Crippen LogP contribution in [0, 0.1) is 20.8 Å². The third kappa shape index (κ3) is 4.83. The van der Waals surface area contributed by atoms with Gasteiger partial charge in [-0.05, 0) is 39.0 Å². The molecule has 224 valence electrons. The molecule has 4 aromatic heterocycles. The lowest BCUT2D eigenvalue weighted by molar-refractivity contribution is -0.319. The van der Waals surface area contributed by atoms with Crippen LogP contribution in [0.5, 0.6) is 0 Å². The van der Waals surface area contributed by atoms with Gasteiger partial charge >= 0.3 is 0 Å². The minimum Gasteiger partial charge on any atom is -0.388 e. The summed E-state index contributed by atoms with van der Waals surface area (Å²) in [7, 11) is 0. The van der Waals surface area contributed by atoms with E-state index in [-0.39, 0.29) is 6.61 Å². The van der Waals surface area contributed by atoms with Crippen molar-refractivity contribution < 1.29 is 19.3 Å². The number of fused-ring (bicyclic) bond motifs is 2. The molecule has 0 aliphatic carbocycles. The lowest BCUT2D eigenvalue weighted by Crippen LogP contribution is -2.57. The monoisotopic (exact) mass is 628 g/mol. The van der Waals surface area contributed by atoms with Gasteiger partial charge in [0.15, 0.2) is 12.1 Å². The zero-order valence-electron chi connectivity index (χ0n) is 24.0. The molecule has 8 rings (SSSR count). The molecule has 44 heavy (non-hydrogen) atoms. The summed E-state index contributed by atoms with van der Waals surface area (Å²) < 4.78 is 23.7. The van der Waals surface area contributed by atoms with Crippen molar-refractivity contribution >= 4 is 32.9 Å². The van der Waals surface area contributed by atoms with Gasteiger partial charge in [0.1, 0.15) is 47.7 Å². The van der Waals surface area contributed by atoms with E-state index in [4.69, 9.17) is 24.3 Å². The molecule has 12 nitrogen and oxygen atoms in total. The van der Waals surface area contributed by atoms with E-state index in [0.29, 0.717) is 17.3 Å². The van der Waals surface area contributed by atoms with E-state index in [1.807, 2.05) is 74.7 Å². The highest BCUT2D eigenvalue weighted by atomic mass is 32.1. The van der Waals surface area contributed by atoms with Crippen molar-refractivity contribution in [1.29, 1.82) is 0 Å². The summed E-state index contributed by atoms with van der Waals surface area (Å²) >= 11 is 3.16. The number of aromatic nitrogens is 8. The van der Waals surface area contributed by atoms with Gasteiger partial charge in [-0.3, -0.25) is 0 Å². The quantitative estimate of drug-likeness (QED) is 0.287. The highest BCUT2D eigenvalue weighted by Gasteiger charge is 2.52. The second-order valence-electron chi connectivity index (χ2n) is 10.9. The zero-order valence-corrected chi connectivity index (χ0v) is 25.6. The van der Waals surface area contributed by atoms with E-state index >= 15 is 0 Å². The van der Waals surface area contributed by atoms with Gasteiger partial charge in [0.05, 0.1) is 38.7 Å². The standard InChI is InChI=1S/C30H28N8O4S2/c1-15-31-29(38(35-15)19-9-10-20-24(11-19)44-17(3)33-20)28-26(39)25(37-12-21(34-36-37)22-14-43-16(2)32-22)27-23(41-28)13-40-30(42-27)18-7-5-4-6-8-18/h4-12,14,23,25-28,30,39H,13H2,1-3H3/t23-,25-,26-,27+,28-,30?/m1/s1. The lowest BCUT2D eigenvalue weighted by Gasteiger charge is -2.47. The van der Waals surface area contributed by atoms with Crippen LogP contribution < -0.4 is 0 Å². The van der Waals surface area contributed by atoms with E-state index < -0.39 is 36.7 Å². The Morgan fingerprint density at radius 2 is 1.82 bits per heavy atom. The summed E-state index contributed by atoms with van der Waals surface area (Å²) in [5, 5.41) is 29.6. The zero-order chi connectivity index (χ0) is 29.9. The topological polar surface area (TPSA) is 135 Å². The summed E-state index contributed by atoms with van der Waals surface area (Å²) in [4.78, 5) is 13.9. The maximum atomic E-state index is 12.1. The highest BCUT2D eigenvalue weighted by molar-refractivity contribution is 7.18. The second kappa shape index (κ2) is 10.9. The number of hydrogen-bond acceptors (Lipinski definition) is 12. The van der Waals surface area contributed by atoms with Gasteiger partial charge in [-0.15, -0.1) is 27.8 Å². The molecule has 6 aromatic rings. The third-order valence-electron chi connectivity index (χ3n) is 7.86. The Kier molecular flexibility index (Phi) is 6.85.